The van der Waals surface area contributed by atoms with Gasteiger partial charge in [-0.3, -0.25) is 29.4 Å². The zero-order valence-electron chi connectivity index (χ0n) is 16.1. The number of halogens is 1. The lowest BCUT2D eigenvalue weighted by atomic mass is 10.0. The van der Waals surface area contributed by atoms with Crippen LogP contribution in [-0.2, 0) is 30.2 Å². The number of ether oxygens (including phenoxy) is 2. The number of fused-ring (bicyclic) bond motifs is 1. The SMILES string of the molecule is O=C1CCC(N2C(=O)c3cccc([S+]([O-])CCOCCOCCI)c3C2=O)C(=O)N1. The van der Waals surface area contributed by atoms with Crippen LogP contribution in [0.4, 0.5) is 0 Å². The summed E-state index contributed by atoms with van der Waals surface area (Å²) < 4.78 is 24.4. The van der Waals surface area contributed by atoms with E-state index >= 15 is 0 Å². The Kier molecular flexibility index (Phi) is 8.22. The molecule has 0 radical (unpaired) electrons. The number of hydrogen-bond donors (Lipinski definition) is 1. The van der Waals surface area contributed by atoms with Gasteiger partial charge in [0.15, 0.2) is 4.90 Å². The number of amides is 4. The fraction of sp³-hybridized carbons (Fsp3) is 0.474. The predicted octanol–water partition coefficient (Wildman–Crippen LogP) is 0.664. The highest BCUT2D eigenvalue weighted by Crippen LogP contribution is 2.32. The highest BCUT2D eigenvalue weighted by Gasteiger charge is 2.47. The summed E-state index contributed by atoms with van der Waals surface area (Å²) in [6.07, 6.45) is 0.115. The number of carbonyl (C=O) groups excluding carboxylic acids is 4. The number of imide groups is 2. The zero-order chi connectivity index (χ0) is 21.7. The Bertz CT molecular complexity index is 850. The van der Waals surface area contributed by atoms with E-state index in [0.717, 1.165) is 9.33 Å². The standard InChI is InChI=1S/C19H21IN2O7S/c20-6-7-28-8-9-29-10-11-30(27)14-3-1-2-12-16(14)19(26)22(18(12)25)13-4-5-15(23)21-17(13)24/h1-3,13H,4-11H2,(H,21,23,24). The molecule has 1 fully saturated rings. The Morgan fingerprint density at radius 2 is 1.83 bits per heavy atom. The molecule has 2 aliphatic rings. The van der Waals surface area contributed by atoms with Crippen molar-refractivity contribution < 1.29 is 33.2 Å². The normalized spacial score (nSPS) is 19.8. The molecular formula is C19H21IN2O7S. The molecule has 162 valence electrons. The third kappa shape index (κ3) is 5.02. The summed E-state index contributed by atoms with van der Waals surface area (Å²) in [5.74, 6) is -2.24. The van der Waals surface area contributed by atoms with Crippen LogP contribution in [0.15, 0.2) is 23.1 Å². The first-order valence-electron chi connectivity index (χ1n) is 9.40. The molecule has 1 aromatic rings. The summed E-state index contributed by atoms with van der Waals surface area (Å²) in [4.78, 5) is 50.4. The number of carbonyl (C=O) groups is 4. The quantitative estimate of drug-likeness (QED) is 0.150. The van der Waals surface area contributed by atoms with Gasteiger partial charge in [-0.2, -0.15) is 0 Å². The van der Waals surface area contributed by atoms with Gasteiger partial charge in [0.2, 0.25) is 11.8 Å². The number of hydrogen-bond acceptors (Lipinski definition) is 7. The topological polar surface area (TPSA) is 125 Å². The minimum atomic E-state index is -1.57. The second-order valence-corrected chi connectivity index (χ2v) is 9.21. The lowest BCUT2D eigenvalue weighted by Gasteiger charge is -2.27. The van der Waals surface area contributed by atoms with Crippen molar-refractivity contribution in [3.63, 3.8) is 0 Å². The maximum absolute atomic E-state index is 13.0. The van der Waals surface area contributed by atoms with E-state index < -0.39 is 40.8 Å². The number of nitrogens with zero attached hydrogens (tertiary/aromatic N) is 1. The van der Waals surface area contributed by atoms with E-state index in [0.29, 0.717) is 19.8 Å². The van der Waals surface area contributed by atoms with E-state index in [1.807, 2.05) is 0 Å². The van der Waals surface area contributed by atoms with Crippen LogP contribution in [0.1, 0.15) is 33.6 Å². The Morgan fingerprint density at radius 1 is 1.10 bits per heavy atom. The molecule has 0 aliphatic carbocycles. The average Bonchev–Trinajstić information content (AvgIpc) is 2.98. The minimum Gasteiger partial charge on any atom is -0.611 e. The van der Waals surface area contributed by atoms with E-state index in [2.05, 4.69) is 27.9 Å². The Morgan fingerprint density at radius 3 is 2.53 bits per heavy atom. The van der Waals surface area contributed by atoms with Crippen LogP contribution in [0.5, 0.6) is 0 Å². The van der Waals surface area contributed by atoms with Crippen LogP contribution in [0, 0.1) is 0 Å². The van der Waals surface area contributed by atoms with Crippen molar-refractivity contribution in [3.8, 4) is 0 Å². The van der Waals surface area contributed by atoms with Crippen LogP contribution in [0.3, 0.4) is 0 Å². The molecule has 30 heavy (non-hydrogen) atoms. The molecule has 2 aliphatic heterocycles. The maximum Gasteiger partial charge on any atom is 0.267 e. The fourth-order valence-electron chi connectivity index (χ4n) is 3.29. The summed E-state index contributed by atoms with van der Waals surface area (Å²) in [6.45, 7) is 1.68. The van der Waals surface area contributed by atoms with E-state index in [1.54, 1.807) is 6.07 Å². The van der Waals surface area contributed by atoms with E-state index in [-0.39, 0.29) is 41.2 Å². The van der Waals surface area contributed by atoms with Crippen molar-refractivity contribution in [1.82, 2.24) is 10.2 Å². The highest BCUT2D eigenvalue weighted by atomic mass is 127. The van der Waals surface area contributed by atoms with Crippen LogP contribution in [-0.4, -0.2) is 75.7 Å². The largest absolute Gasteiger partial charge is 0.611 e. The molecule has 0 bridgehead atoms. The molecule has 1 N–H and O–H groups in total. The predicted molar refractivity (Wildman–Crippen MR) is 115 cm³/mol. The van der Waals surface area contributed by atoms with E-state index in [1.165, 1.54) is 12.1 Å². The lowest BCUT2D eigenvalue weighted by Crippen LogP contribution is -2.54. The average molecular weight is 548 g/mol. The zero-order valence-corrected chi connectivity index (χ0v) is 19.0. The Labute approximate surface area is 190 Å². The second kappa shape index (κ2) is 10.7. The molecule has 0 aromatic heterocycles. The first kappa shape index (κ1) is 23.1. The van der Waals surface area contributed by atoms with Crippen LogP contribution in [0.25, 0.3) is 0 Å². The van der Waals surface area contributed by atoms with E-state index in [9.17, 15) is 23.7 Å². The Hall–Kier alpha value is -1.54. The number of benzene rings is 1. The summed E-state index contributed by atoms with van der Waals surface area (Å²) >= 11 is 0.642. The van der Waals surface area contributed by atoms with Gasteiger partial charge in [-0.1, -0.05) is 28.7 Å². The lowest BCUT2D eigenvalue weighted by molar-refractivity contribution is -0.136. The number of rotatable bonds is 10. The molecule has 0 saturated carbocycles. The van der Waals surface area contributed by atoms with Crippen molar-refractivity contribution in [3.05, 3.63) is 29.3 Å². The van der Waals surface area contributed by atoms with Gasteiger partial charge in [0.25, 0.3) is 11.8 Å². The number of piperidine rings is 1. The molecule has 0 spiro atoms. The molecule has 1 saturated heterocycles. The second-order valence-electron chi connectivity index (χ2n) is 6.59. The third-order valence-corrected chi connectivity index (χ3v) is 6.49. The molecule has 4 amide bonds. The minimum absolute atomic E-state index is 0.0431. The first-order chi connectivity index (χ1) is 14.5. The smallest absolute Gasteiger partial charge is 0.267 e. The van der Waals surface area contributed by atoms with Gasteiger partial charge >= 0.3 is 0 Å². The highest BCUT2D eigenvalue weighted by molar-refractivity contribution is 14.1. The first-order valence-corrected chi connectivity index (χ1v) is 12.2. The summed E-state index contributed by atoms with van der Waals surface area (Å²) in [5.41, 5.74) is 0.166. The third-order valence-electron chi connectivity index (χ3n) is 4.68. The van der Waals surface area contributed by atoms with Crippen molar-refractivity contribution in [2.45, 2.75) is 23.8 Å². The van der Waals surface area contributed by atoms with Crippen LogP contribution < -0.4 is 5.32 Å². The van der Waals surface area contributed by atoms with Crippen LogP contribution >= 0.6 is 22.6 Å². The van der Waals surface area contributed by atoms with Crippen molar-refractivity contribution >= 4 is 57.4 Å². The van der Waals surface area contributed by atoms with E-state index in [4.69, 9.17) is 9.47 Å². The number of alkyl halides is 1. The fourth-order valence-corrected chi connectivity index (χ4v) is 4.75. The molecule has 2 heterocycles. The number of nitrogens with one attached hydrogen (secondary N) is 1. The van der Waals surface area contributed by atoms with Gasteiger partial charge in [-0.25, -0.2) is 0 Å². The van der Waals surface area contributed by atoms with Gasteiger partial charge in [0.05, 0.1) is 32.0 Å². The molecular weight excluding hydrogens is 527 g/mol. The van der Waals surface area contributed by atoms with Gasteiger partial charge < -0.3 is 14.0 Å². The van der Waals surface area contributed by atoms with Gasteiger partial charge in [-0.05, 0) is 29.7 Å². The Balaban J connectivity index is 1.67. The molecule has 1 aromatic carbocycles. The van der Waals surface area contributed by atoms with Crippen molar-refractivity contribution in [2.75, 3.05) is 36.6 Å². The van der Waals surface area contributed by atoms with Crippen molar-refractivity contribution in [2.24, 2.45) is 0 Å². The summed E-state index contributed by atoms with van der Waals surface area (Å²) in [5, 5.41) is 2.15. The summed E-state index contributed by atoms with van der Waals surface area (Å²) in [7, 11) is 0. The molecule has 3 rings (SSSR count). The molecule has 11 heteroatoms. The monoisotopic (exact) mass is 548 g/mol. The maximum atomic E-state index is 13.0. The summed E-state index contributed by atoms with van der Waals surface area (Å²) in [6, 6.07) is 3.52. The van der Waals surface area contributed by atoms with Gasteiger partial charge in [0.1, 0.15) is 17.4 Å². The van der Waals surface area contributed by atoms with Gasteiger partial charge in [-0.15, -0.1) is 0 Å². The van der Waals surface area contributed by atoms with Crippen molar-refractivity contribution in [1.29, 1.82) is 0 Å². The molecule has 2 atom stereocenters. The molecule has 2 unspecified atom stereocenters. The molecule has 9 nitrogen and oxygen atoms in total. The van der Waals surface area contributed by atoms with Gasteiger partial charge in [0, 0.05) is 10.8 Å². The van der Waals surface area contributed by atoms with Crippen LogP contribution in [0.2, 0.25) is 0 Å².